The van der Waals surface area contributed by atoms with Crippen molar-refractivity contribution in [3.63, 3.8) is 0 Å². The molecule has 0 spiro atoms. The number of para-hydroxylation sites is 1. The fourth-order valence-corrected chi connectivity index (χ4v) is 2.64. The first-order valence-electron chi connectivity index (χ1n) is 7.85. The zero-order valence-electron chi connectivity index (χ0n) is 13.5. The van der Waals surface area contributed by atoms with Crippen molar-refractivity contribution in [2.45, 2.75) is 38.6 Å². The van der Waals surface area contributed by atoms with E-state index in [9.17, 15) is 4.79 Å². The predicted molar refractivity (Wildman–Crippen MR) is 91.8 cm³/mol. The van der Waals surface area contributed by atoms with Gasteiger partial charge in [0, 0.05) is 13.6 Å². The number of carbonyl (C=O) groups is 1. The lowest BCUT2D eigenvalue weighted by Crippen LogP contribution is -2.47. The van der Waals surface area contributed by atoms with Crippen molar-refractivity contribution in [1.29, 1.82) is 0 Å². The van der Waals surface area contributed by atoms with Crippen LogP contribution in [-0.4, -0.2) is 43.6 Å². The molecule has 1 aromatic carbocycles. The Balaban J connectivity index is 0.00000242. The third-order valence-electron chi connectivity index (χ3n) is 3.97. The molecule has 1 N–H and O–H groups in total. The van der Waals surface area contributed by atoms with Crippen molar-refractivity contribution in [2.24, 2.45) is 0 Å². The number of amides is 1. The zero-order chi connectivity index (χ0) is 15.1. The molecule has 1 aliphatic rings. The second kappa shape index (κ2) is 9.70. The first-order valence-corrected chi connectivity index (χ1v) is 7.85. The van der Waals surface area contributed by atoms with Crippen LogP contribution in [0.15, 0.2) is 24.3 Å². The highest BCUT2D eigenvalue weighted by atomic mass is 35.5. The van der Waals surface area contributed by atoms with Gasteiger partial charge < -0.3 is 15.0 Å². The summed E-state index contributed by atoms with van der Waals surface area (Å²) in [6.45, 7) is 4.38. The van der Waals surface area contributed by atoms with E-state index in [4.69, 9.17) is 4.74 Å². The molecule has 0 radical (unpaired) electrons. The van der Waals surface area contributed by atoms with Gasteiger partial charge in [-0.2, -0.15) is 0 Å². The minimum atomic E-state index is 0. The molecule has 1 aliphatic heterocycles. The Morgan fingerprint density at radius 1 is 1.36 bits per heavy atom. The van der Waals surface area contributed by atoms with Crippen LogP contribution in [0, 0.1) is 6.92 Å². The maximum absolute atomic E-state index is 12.2. The van der Waals surface area contributed by atoms with Gasteiger partial charge in [0.15, 0.2) is 0 Å². The molecule has 1 atom stereocenters. The summed E-state index contributed by atoms with van der Waals surface area (Å²) in [4.78, 5) is 14.1. The first kappa shape index (κ1) is 18.8. The minimum absolute atomic E-state index is 0. The molecule has 0 aromatic heterocycles. The van der Waals surface area contributed by atoms with Crippen LogP contribution in [-0.2, 0) is 4.79 Å². The molecule has 5 heteroatoms. The molecule has 4 nitrogen and oxygen atoms in total. The van der Waals surface area contributed by atoms with Crippen molar-refractivity contribution in [1.82, 2.24) is 10.2 Å². The standard InChI is InChI=1S/C17H26N2O2.ClH/c1-14-8-3-4-10-16(14)21-13-7-12-19(2)17(20)15-9-5-6-11-18-15;/h3-4,8,10,15,18H,5-7,9,11-13H2,1-2H3;1H. The Bertz CT molecular complexity index is 462. The number of rotatable bonds is 6. The van der Waals surface area contributed by atoms with E-state index >= 15 is 0 Å². The number of halogens is 1. The van der Waals surface area contributed by atoms with Gasteiger partial charge in [0.2, 0.25) is 5.91 Å². The molecule has 1 aromatic rings. The van der Waals surface area contributed by atoms with Crippen molar-refractivity contribution in [3.8, 4) is 5.75 Å². The number of hydrogen-bond acceptors (Lipinski definition) is 3. The largest absolute Gasteiger partial charge is 0.493 e. The molecule has 2 rings (SSSR count). The summed E-state index contributed by atoms with van der Waals surface area (Å²) in [6, 6.07) is 8.02. The second-order valence-corrected chi connectivity index (χ2v) is 5.73. The summed E-state index contributed by atoms with van der Waals surface area (Å²) in [5.74, 6) is 1.14. The number of piperidine rings is 1. The number of nitrogens with zero attached hydrogens (tertiary/aromatic N) is 1. The van der Waals surface area contributed by atoms with Gasteiger partial charge >= 0.3 is 0 Å². The fourth-order valence-electron chi connectivity index (χ4n) is 2.64. The third kappa shape index (κ3) is 5.50. The van der Waals surface area contributed by atoms with Crippen molar-refractivity contribution in [3.05, 3.63) is 29.8 Å². The van der Waals surface area contributed by atoms with Crippen molar-refractivity contribution < 1.29 is 9.53 Å². The van der Waals surface area contributed by atoms with E-state index in [1.807, 2.05) is 43.1 Å². The van der Waals surface area contributed by atoms with Crippen LogP contribution in [0.25, 0.3) is 0 Å². The quantitative estimate of drug-likeness (QED) is 0.817. The summed E-state index contributed by atoms with van der Waals surface area (Å²) in [5, 5.41) is 3.30. The average molecular weight is 327 g/mol. The molecule has 0 aliphatic carbocycles. The van der Waals surface area contributed by atoms with E-state index in [0.29, 0.717) is 6.61 Å². The van der Waals surface area contributed by atoms with Crippen molar-refractivity contribution in [2.75, 3.05) is 26.7 Å². The summed E-state index contributed by atoms with van der Waals surface area (Å²) in [7, 11) is 1.88. The average Bonchev–Trinajstić information content (AvgIpc) is 2.53. The van der Waals surface area contributed by atoms with Gasteiger partial charge in [0.1, 0.15) is 5.75 Å². The lowest BCUT2D eigenvalue weighted by molar-refractivity contribution is -0.132. The number of hydrogen-bond donors (Lipinski definition) is 1. The van der Waals surface area contributed by atoms with Gasteiger partial charge in [0.05, 0.1) is 12.6 Å². The molecular formula is C17H27ClN2O2. The second-order valence-electron chi connectivity index (χ2n) is 5.73. The first-order chi connectivity index (χ1) is 10.2. The topological polar surface area (TPSA) is 41.6 Å². The summed E-state index contributed by atoms with van der Waals surface area (Å²) < 4.78 is 5.76. The van der Waals surface area contributed by atoms with Crippen molar-refractivity contribution >= 4 is 18.3 Å². The highest BCUT2D eigenvalue weighted by Crippen LogP contribution is 2.16. The van der Waals surface area contributed by atoms with E-state index in [0.717, 1.165) is 43.7 Å². The third-order valence-corrected chi connectivity index (χ3v) is 3.97. The van der Waals surface area contributed by atoms with E-state index in [1.54, 1.807) is 0 Å². The van der Waals surface area contributed by atoms with Crippen LogP contribution in [0.5, 0.6) is 5.75 Å². The summed E-state index contributed by atoms with van der Waals surface area (Å²) in [5.41, 5.74) is 1.15. The SMILES string of the molecule is Cc1ccccc1OCCCN(C)C(=O)C1CCCCN1.Cl. The number of aryl methyl sites for hydroxylation is 1. The Hall–Kier alpha value is -1.26. The number of carbonyl (C=O) groups excluding carboxylic acids is 1. The Morgan fingerprint density at radius 2 is 2.14 bits per heavy atom. The van der Waals surface area contributed by atoms with Gasteiger partial charge in [-0.3, -0.25) is 4.79 Å². The Labute approximate surface area is 139 Å². The monoisotopic (exact) mass is 326 g/mol. The van der Waals surface area contributed by atoms with Crippen LogP contribution >= 0.6 is 12.4 Å². The smallest absolute Gasteiger partial charge is 0.239 e. The normalized spacial score (nSPS) is 17.5. The Kier molecular flexibility index (Phi) is 8.28. The lowest BCUT2D eigenvalue weighted by atomic mass is 10.0. The van der Waals surface area contributed by atoms with Gasteiger partial charge in [-0.15, -0.1) is 12.4 Å². The molecule has 1 heterocycles. The fraction of sp³-hybridized carbons (Fsp3) is 0.588. The highest BCUT2D eigenvalue weighted by molar-refractivity contribution is 5.85. The molecule has 0 bridgehead atoms. The maximum Gasteiger partial charge on any atom is 0.239 e. The number of likely N-dealkylation sites (N-methyl/N-ethyl adjacent to an activating group) is 1. The van der Waals surface area contributed by atoms with Gasteiger partial charge in [-0.1, -0.05) is 24.6 Å². The summed E-state index contributed by atoms with van der Waals surface area (Å²) in [6.07, 6.45) is 4.14. The maximum atomic E-state index is 12.2. The van der Waals surface area contributed by atoms with Gasteiger partial charge in [-0.05, 0) is 44.4 Å². The molecule has 0 saturated carbocycles. The van der Waals surface area contributed by atoms with E-state index in [-0.39, 0.29) is 24.4 Å². The number of ether oxygens (including phenoxy) is 1. The van der Waals surface area contributed by atoms with E-state index in [1.165, 1.54) is 6.42 Å². The lowest BCUT2D eigenvalue weighted by Gasteiger charge is -2.27. The predicted octanol–water partition coefficient (Wildman–Crippen LogP) is 2.79. The van der Waals surface area contributed by atoms with Crippen LogP contribution in [0.1, 0.15) is 31.2 Å². The molecular weight excluding hydrogens is 300 g/mol. The number of nitrogens with one attached hydrogen (secondary N) is 1. The van der Waals surface area contributed by atoms with Crippen LogP contribution in [0.4, 0.5) is 0 Å². The van der Waals surface area contributed by atoms with Gasteiger partial charge in [0.25, 0.3) is 0 Å². The highest BCUT2D eigenvalue weighted by Gasteiger charge is 2.23. The minimum Gasteiger partial charge on any atom is -0.493 e. The molecule has 1 amide bonds. The van der Waals surface area contributed by atoms with Gasteiger partial charge in [-0.25, -0.2) is 0 Å². The summed E-state index contributed by atoms with van der Waals surface area (Å²) >= 11 is 0. The van der Waals surface area contributed by atoms with Crippen LogP contribution < -0.4 is 10.1 Å². The molecule has 1 fully saturated rings. The number of benzene rings is 1. The van der Waals surface area contributed by atoms with Crippen LogP contribution in [0.3, 0.4) is 0 Å². The molecule has 124 valence electrons. The molecule has 1 unspecified atom stereocenters. The molecule has 1 saturated heterocycles. The molecule has 22 heavy (non-hydrogen) atoms. The zero-order valence-corrected chi connectivity index (χ0v) is 14.3. The van der Waals surface area contributed by atoms with E-state index in [2.05, 4.69) is 5.32 Å². The Morgan fingerprint density at radius 3 is 2.82 bits per heavy atom. The van der Waals surface area contributed by atoms with E-state index < -0.39 is 0 Å². The van der Waals surface area contributed by atoms with Crippen LogP contribution in [0.2, 0.25) is 0 Å².